The van der Waals surface area contributed by atoms with Crippen LogP contribution in [-0.2, 0) is 9.59 Å². The number of hydrogen-bond donors (Lipinski definition) is 1. The largest absolute Gasteiger partial charge is 0.354 e. The molecule has 2 amide bonds. The minimum Gasteiger partial charge on any atom is -0.354 e. The van der Waals surface area contributed by atoms with Crippen molar-refractivity contribution in [2.75, 3.05) is 39.3 Å². The number of carbonyl (C=O) groups excluding carboxylic acids is 2. The first-order chi connectivity index (χ1) is 11.2. The third-order valence-electron chi connectivity index (χ3n) is 4.78. The van der Waals surface area contributed by atoms with Crippen molar-refractivity contribution >= 4 is 11.8 Å². The van der Waals surface area contributed by atoms with Crippen molar-refractivity contribution in [3.05, 3.63) is 0 Å². The fourth-order valence-corrected chi connectivity index (χ4v) is 3.40. The van der Waals surface area contributed by atoms with Crippen molar-refractivity contribution in [1.29, 1.82) is 5.26 Å². The van der Waals surface area contributed by atoms with Crippen LogP contribution in [0, 0.1) is 17.2 Å². The molecule has 0 aromatic rings. The highest BCUT2D eigenvalue weighted by atomic mass is 16.2. The van der Waals surface area contributed by atoms with E-state index in [1.54, 1.807) is 0 Å². The van der Waals surface area contributed by atoms with Gasteiger partial charge in [0.05, 0.1) is 19.0 Å². The van der Waals surface area contributed by atoms with Crippen LogP contribution in [-0.4, -0.2) is 60.9 Å². The van der Waals surface area contributed by atoms with E-state index in [0.717, 1.165) is 51.9 Å². The molecule has 0 aliphatic carbocycles. The summed E-state index contributed by atoms with van der Waals surface area (Å²) < 4.78 is 0. The molecular formula is C17H28N4O2. The highest BCUT2D eigenvalue weighted by Crippen LogP contribution is 2.21. The molecule has 2 aliphatic rings. The standard InChI is InChI=1S/C17H28N4O2/c18-8-5-9-19-16(22)14-20-12-6-15(7-13-20)17(23)21-10-3-1-2-4-11-21/h15H,1-7,9-14H2,(H,19,22). The Bertz CT molecular complexity index is 430. The van der Waals surface area contributed by atoms with E-state index in [-0.39, 0.29) is 11.8 Å². The Morgan fingerprint density at radius 1 is 1.04 bits per heavy atom. The lowest BCUT2D eigenvalue weighted by Crippen LogP contribution is -2.45. The molecule has 2 rings (SSSR count). The molecule has 0 unspecified atom stereocenters. The van der Waals surface area contributed by atoms with Gasteiger partial charge in [0.2, 0.25) is 11.8 Å². The SMILES string of the molecule is N#CCCNC(=O)CN1CCC(C(=O)N2CCCCCC2)CC1. The average molecular weight is 320 g/mol. The summed E-state index contributed by atoms with van der Waals surface area (Å²) in [5, 5.41) is 11.2. The van der Waals surface area contributed by atoms with E-state index in [2.05, 4.69) is 15.1 Å². The minimum atomic E-state index is -0.0301. The zero-order chi connectivity index (χ0) is 16.5. The summed E-state index contributed by atoms with van der Waals surface area (Å²) in [4.78, 5) is 28.5. The van der Waals surface area contributed by atoms with Crippen molar-refractivity contribution < 1.29 is 9.59 Å². The number of hydrogen-bond acceptors (Lipinski definition) is 4. The van der Waals surface area contributed by atoms with E-state index >= 15 is 0 Å². The van der Waals surface area contributed by atoms with Crippen molar-refractivity contribution in [3.63, 3.8) is 0 Å². The number of likely N-dealkylation sites (tertiary alicyclic amines) is 2. The van der Waals surface area contributed by atoms with E-state index in [1.165, 1.54) is 12.8 Å². The molecule has 0 aromatic heterocycles. The Labute approximate surface area is 138 Å². The van der Waals surface area contributed by atoms with Gasteiger partial charge in [-0.15, -0.1) is 0 Å². The molecular weight excluding hydrogens is 292 g/mol. The molecule has 128 valence electrons. The van der Waals surface area contributed by atoms with Gasteiger partial charge < -0.3 is 10.2 Å². The molecule has 2 saturated heterocycles. The maximum absolute atomic E-state index is 12.6. The van der Waals surface area contributed by atoms with Gasteiger partial charge in [-0.05, 0) is 38.8 Å². The van der Waals surface area contributed by atoms with Crippen LogP contribution in [0.15, 0.2) is 0 Å². The highest BCUT2D eigenvalue weighted by Gasteiger charge is 2.29. The number of rotatable bonds is 5. The van der Waals surface area contributed by atoms with Crippen LogP contribution in [0.2, 0.25) is 0 Å². The van der Waals surface area contributed by atoms with Gasteiger partial charge in [0.1, 0.15) is 0 Å². The molecule has 0 radical (unpaired) electrons. The van der Waals surface area contributed by atoms with Crippen LogP contribution in [0.4, 0.5) is 0 Å². The predicted molar refractivity (Wildman–Crippen MR) is 87.5 cm³/mol. The second-order valence-electron chi connectivity index (χ2n) is 6.55. The molecule has 6 heteroatoms. The monoisotopic (exact) mass is 320 g/mol. The summed E-state index contributed by atoms with van der Waals surface area (Å²) in [5.41, 5.74) is 0. The Morgan fingerprint density at radius 2 is 1.70 bits per heavy atom. The lowest BCUT2D eigenvalue weighted by atomic mass is 9.95. The summed E-state index contributed by atoms with van der Waals surface area (Å²) in [5.74, 6) is 0.425. The van der Waals surface area contributed by atoms with Gasteiger partial charge in [-0.1, -0.05) is 12.8 Å². The van der Waals surface area contributed by atoms with Crippen LogP contribution < -0.4 is 5.32 Å². The third-order valence-corrected chi connectivity index (χ3v) is 4.78. The maximum Gasteiger partial charge on any atom is 0.234 e. The molecule has 0 aromatic carbocycles. The predicted octanol–water partition coefficient (Wildman–Crippen LogP) is 1.13. The van der Waals surface area contributed by atoms with Gasteiger partial charge >= 0.3 is 0 Å². The second kappa shape index (κ2) is 9.51. The van der Waals surface area contributed by atoms with Crippen LogP contribution in [0.25, 0.3) is 0 Å². The highest BCUT2D eigenvalue weighted by molar-refractivity contribution is 5.79. The Balaban J connectivity index is 1.69. The molecule has 2 fully saturated rings. The quantitative estimate of drug-likeness (QED) is 0.771. The van der Waals surface area contributed by atoms with Crippen molar-refractivity contribution in [2.24, 2.45) is 5.92 Å². The summed E-state index contributed by atoms with van der Waals surface area (Å²) in [6, 6.07) is 2.01. The van der Waals surface area contributed by atoms with Crippen molar-refractivity contribution in [2.45, 2.75) is 44.9 Å². The molecule has 0 spiro atoms. The molecule has 0 atom stereocenters. The lowest BCUT2D eigenvalue weighted by molar-refractivity contribution is -0.137. The first kappa shape index (κ1) is 17.7. The number of nitrogens with zero attached hydrogens (tertiary/aromatic N) is 3. The minimum absolute atomic E-state index is 0.0301. The smallest absolute Gasteiger partial charge is 0.234 e. The normalized spacial score (nSPS) is 20.6. The van der Waals surface area contributed by atoms with Crippen LogP contribution >= 0.6 is 0 Å². The van der Waals surface area contributed by atoms with Gasteiger partial charge in [0.25, 0.3) is 0 Å². The Kier molecular flexibility index (Phi) is 7.34. The number of amides is 2. The summed E-state index contributed by atoms with van der Waals surface area (Å²) >= 11 is 0. The maximum atomic E-state index is 12.6. The van der Waals surface area contributed by atoms with Crippen LogP contribution in [0.1, 0.15) is 44.9 Å². The summed E-state index contributed by atoms with van der Waals surface area (Å²) in [6.07, 6.45) is 6.78. The number of nitriles is 1. The zero-order valence-corrected chi connectivity index (χ0v) is 13.9. The molecule has 23 heavy (non-hydrogen) atoms. The molecule has 0 saturated carbocycles. The summed E-state index contributed by atoms with van der Waals surface area (Å²) in [7, 11) is 0. The molecule has 6 nitrogen and oxygen atoms in total. The van der Waals surface area contributed by atoms with Gasteiger partial charge in [0, 0.05) is 25.6 Å². The molecule has 1 N–H and O–H groups in total. The molecule has 2 aliphatic heterocycles. The van der Waals surface area contributed by atoms with Crippen molar-refractivity contribution in [1.82, 2.24) is 15.1 Å². The van der Waals surface area contributed by atoms with Gasteiger partial charge in [-0.3, -0.25) is 14.5 Å². The lowest BCUT2D eigenvalue weighted by Gasteiger charge is -2.33. The Hall–Kier alpha value is -1.61. The van der Waals surface area contributed by atoms with Gasteiger partial charge in [0.15, 0.2) is 0 Å². The average Bonchev–Trinajstić information content (AvgIpc) is 2.84. The van der Waals surface area contributed by atoms with E-state index in [0.29, 0.717) is 25.4 Å². The van der Waals surface area contributed by atoms with E-state index in [9.17, 15) is 9.59 Å². The summed E-state index contributed by atoms with van der Waals surface area (Å²) in [6.45, 7) is 4.22. The van der Waals surface area contributed by atoms with E-state index < -0.39 is 0 Å². The number of carbonyl (C=O) groups is 2. The third kappa shape index (κ3) is 5.83. The number of nitrogens with one attached hydrogen (secondary N) is 1. The first-order valence-corrected chi connectivity index (χ1v) is 8.85. The van der Waals surface area contributed by atoms with Crippen LogP contribution in [0.5, 0.6) is 0 Å². The van der Waals surface area contributed by atoms with E-state index in [1.807, 2.05) is 6.07 Å². The topological polar surface area (TPSA) is 76.4 Å². The first-order valence-electron chi connectivity index (χ1n) is 8.85. The second-order valence-corrected chi connectivity index (χ2v) is 6.55. The van der Waals surface area contributed by atoms with Gasteiger partial charge in [-0.25, -0.2) is 0 Å². The molecule has 0 bridgehead atoms. The van der Waals surface area contributed by atoms with Crippen molar-refractivity contribution in [3.8, 4) is 6.07 Å². The fourth-order valence-electron chi connectivity index (χ4n) is 3.40. The fraction of sp³-hybridized carbons (Fsp3) is 0.824. The number of piperidine rings is 1. The van der Waals surface area contributed by atoms with Crippen LogP contribution in [0.3, 0.4) is 0 Å². The molecule has 2 heterocycles. The zero-order valence-electron chi connectivity index (χ0n) is 13.9. The Morgan fingerprint density at radius 3 is 2.30 bits per heavy atom. The van der Waals surface area contributed by atoms with E-state index in [4.69, 9.17) is 5.26 Å². The van der Waals surface area contributed by atoms with Gasteiger partial charge in [-0.2, -0.15) is 5.26 Å².